The van der Waals surface area contributed by atoms with Gasteiger partial charge in [-0.15, -0.1) is 0 Å². The van der Waals surface area contributed by atoms with Crippen molar-refractivity contribution in [2.75, 3.05) is 17.3 Å². The Hall–Kier alpha value is -3.61. The lowest BCUT2D eigenvalue weighted by molar-refractivity contribution is 0.0972. The molecule has 2 heterocycles. The molecule has 1 aromatic heterocycles. The second-order valence-corrected chi connectivity index (χ2v) is 7.12. The molecule has 3 aromatic rings. The number of aryl methyl sites for hydroxylation is 1. The van der Waals surface area contributed by atoms with E-state index in [1.165, 1.54) is 18.2 Å². The van der Waals surface area contributed by atoms with E-state index in [4.69, 9.17) is 0 Å². The monoisotopic (exact) mass is 390 g/mol. The topological polar surface area (TPSA) is 98.6 Å². The highest BCUT2D eigenvalue weighted by atomic mass is 16.3. The molecule has 1 aliphatic heterocycles. The molecular weight excluding hydrogens is 368 g/mol. The lowest BCUT2D eigenvalue weighted by Gasteiger charge is -2.35. The molecule has 0 bridgehead atoms. The van der Waals surface area contributed by atoms with Crippen molar-refractivity contribution in [3.63, 3.8) is 0 Å². The molecule has 4 rings (SSSR count). The molecule has 7 nitrogen and oxygen atoms in total. The lowest BCUT2D eigenvalue weighted by Crippen LogP contribution is -2.42. The third kappa shape index (κ3) is 3.47. The number of nitrogens with zero attached hydrogens (tertiary/aromatic N) is 3. The zero-order chi connectivity index (χ0) is 20.5. The Balaban J connectivity index is 1.73. The maximum absolute atomic E-state index is 13.2. The van der Waals surface area contributed by atoms with Gasteiger partial charge in [-0.1, -0.05) is 6.07 Å². The van der Waals surface area contributed by atoms with E-state index >= 15 is 0 Å². The smallest absolute Gasteiger partial charge is 0.262 e. The quantitative estimate of drug-likeness (QED) is 0.632. The van der Waals surface area contributed by atoms with Crippen molar-refractivity contribution in [3.05, 3.63) is 59.8 Å². The summed E-state index contributed by atoms with van der Waals surface area (Å²) in [5.41, 5.74) is 3.81. The summed E-state index contributed by atoms with van der Waals surface area (Å²) in [5.74, 6) is -0.0512. The highest BCUT2D eigenvalue weighted by Crippen LogP contribution is 2.36. The highest BCUT2D eigenvalue weighted by molar-refractivity contribution is 6.09. The summed E-state index contributed by atoms with van der Waals surface area (Å²) in [5, 5.41) is 22.6. The number of hydrogen-bond donors (Lipinski definition) is 3. The average molecular weight is 390 g/mol. The third-order valence-corrected chi connectivity index (χ3v) is 5.22. The SMILES string of the molecule is CNc1nccc(-c2ccc3c(c2)CCC(C)N3C(=O)c2ccc(O)cc2O)n1. The number of nitrogens with one attached hydrogen (secondary N) is 1. The Kier molecular flexibility index (Phi) is 4.80. The number of phenolic OH excluding ortho intramolecular Hbond substituents is 2. The van der Waals surface area contributed by atoms with Crippen molar-refractivity contribution < 1.29 is 15.0 Å². The van der Waals surface area contributed by atoms with Gasteiger partial charge in [0.15, 0.2) is 0 Å². The van der Waals surface area contributed by atoms with Crippen LogP contribution in [-0.4, -0.2) is 39.2 Å². The molecule has 7 heteroatoms. The maximum atomic E-state index is 13.2. The number of hydrogen-bond acceptors (Lipinski definition) is 6. The van der Waals surface area contributed by atoms with Crippen LogP contribution in [0.4, 0.5) is 11.6 Å². The van der Waals surface area contributed by atoms with Crippen LogP contribution < -0.4 is 10.2 Å². The standard InChI is InChI=1S/C22H22N4O3/c1-13-3-4-15-11-14(18-9-10-24-22(23-2)25-18)5-8-19(15)26(13)21(29)17-7-6-16(27)12-20(17)28/h5-13,27-28H,3-4H2,1-2H3,(H,23,24,25). The minimum atomic E-state index is -0.289. The fourth-order valence-electron chi connectivity index (χ4n) is 3.69. The molecule has 1 unspecified atom stereocenters. The van der Waals surface area contributed by atoms with Gasteiger partial charge in [0.1, 0.15) is 11.5 Å². The van der Waals surface area contributed by atoms with Gasteiger partial charge in [-0.25, -0.2) is 9.97 Å². The van der Waals surface area contributed by atoms with Crippen LogP contribution in [0.3, 0.4) is 0 Å². The molecule has 0 saturated carbocycles. The van der Waals surface area contributed by atoms with Gasteiger partial charge in [-0.3, -0.25) is 4.79 Å². The number of amides is 1. The molecule has 1 amide bonds. The fourth-order valence-corrected chi connectivity index (χ4v) is 3.69. The van der Waals surface area contributed by atoms with Crippen LogP contribution in [0.15, 0.2) is 48.7 Å². The van der Waals surface area contributed by atoms with Gasteiger partial charge in [-0.2, -0.15) is 0 Å². The number of rotatable bonds is 3. The number of carbonyl (C=O) groups excluding carboxylic acids is 1. The van der Waals surface area contributed by atoms with Crippen LogP contribution >= 0.6 is 0 Å². The number of phenols is 2. The fraction of sp³-hybridized carbons (Fsp3) is 0.227. The van der Waals surface area contributed by atoms with Crippen LogP contribution in [0.1, 0.15) is 29.3 Å². The first-order valence-corrected chi connectivity index (χ1v) is 9.47. The zero-order valence-corrected chi connectivity index (χ0v) is 16.3. The predicted molar refractivity (Wildman–Crippen MR) is 111 cm³/mol. The zero-order valence-electron chi connectivity index (χ0n) is 16.3. The van der Waals surface area contributed by atoms with Crippen LogP contribution in [-0.2, 0) is 6.42 Å². The molecule has 1 atom stereocenters. The first-order valence-electron chi connectivity index (χ1n) is 9.47. The molecule has 0 saturated heterocycles. The first-order chi connectivity index (χ1) is 14.0. The summed E-state index contributed by atoms with van der Waals surface area (Å²) < 4.78 is 0. The first kappa shape index (κ1) is 18.7. The molecule has 0 fully saturated rings. The molecule has 29 heavy (non-hydrogen) atoms. The Labute approximate surface area is 168 Å². The molecule has 1 aliphatic rings. The van der Waals surface area contributed by atoms with Gasteiger partial charge in [0, 0.05) is 36.6 Å². The number of benzene rings is 2. The van der Waals surface area contributed by atoms with Crippen LogP contribution in [0, 0.1) is 0 Å². The number of carbonyl (C=O) groups is 1. The summed E-state index contributed by atoms with van der Waals surface area (Å²) in [6.07, 6.45) is 3.37. The number of fused-ring (bicyclic) bond motifs is 1. The van der Waals surface area contributed by atoms with E-state index in [1.807, 2.05) is 25.1 Å². The van der Waals surface area contributed by atoms with Crippen LogP contribution in [0.2, 0.25) is 0 Å². The molecule has 0 spiro atoms. The Morgan fingerprint density at radius 2 is 2.00 bits per heavy atom. The van der Waals surface area contributed by atoms with Crippen molar-refractivity contribution in [3.8, 4) is 22.8 Å². The Morgan fingerprint density at radius 3 is 2.76 bits per heavy atom. The minimum absolute atomic E-state index is 0.0102. The average Bonchev–Trinajstić information content (AvgIpc) is 2.73. The van der Waals surface area contributed by atoms with Crippen LogP contribution in [0.25, 0.3) is 11.3 Å². The van der Waals surface area contributed by atoms with Gasteiger partial charge in [0.2, 0.25) is 5.95 Å². The number of aromatic hydroxyl groups is 2. The van der Waals surface area contributed by atoms with E-state index in [-0.39, 0.29) is 29.0 Å². The highest BCUT2D eigenvalue weighted by Gasteiger charge is 2.30. The molecule has 148 valence electrons. The number of aromatic nitrogens is 2. The van der Waals surface area contributed by atoms with Gasteiger partial charge in [0.05, 0.1) is 11.3 Å². The van der Waals surface area contributed by atoms with Gasteiger partial charge in [-0.05, 0) is 55.7 Å². The predicted octanol–water partition coefficient (Wildman–Crippen LogP) is 3.58. The molecule has 0 aliphatic carbocycles. The number of anilines is 2. The third-order valence-electron chi connectivity index (χ3n) is 5.22. The van der Waals surface area contributed by atoms with E-state index in [1.54, 1.807) is 18.1 Å². The lowest BCUT2D eigenvalue weighted by atomic mass is 9.93. The molecule has 0 radical (unpaired) electrons. The second kappa shape index (κ2) is 7.43. The minimum Gasteiger partial charge on any atom is -0.508 e. The molecule has 3 N–H and O–H groups in total. The van der Waals surface area contributed by atoms with Crippen LogP contribution in [0.5, 0.6) is 11.5 Å². The largest absolute Gasteiger partial charge is 0.508 e. The molecule has 2 aromatic carbocycles. The van der Waals surface area contributed by atoms with Crippen molar-refractivity contribution in [2.24, 2.45) is 0 Å². The summed E-state index contributed by atoms with van der Waals surface area (Å²) in [7, 11) is 1.77. The van der Waals surface area contributed by atoms with Crippen molar-refractivity contribution in [1.29, 1.82) is 0 Å². The van der Waals surface area contributed by atoms with Crippen molar-refractivity contribution in [2.45, 2.75) is 25.8 Å². The Morgan fingerprint density at radius 1 is 1.17 bits per heavy atom. The van der Waals surface area contributed by atoms with Gasteiger partial charge >= 0.3 is 0 Å². The Bertz CT molecular complexity index is 1080. The van der Waals surface area contributed by atoms with E-state index in [9.17, 15) is 15.0 Å². The second-order valence-electron chi connectivity index (χ2n) is 7.12. The van der Waals surface area contributed by atoms with E-state index < -0.39 is 0 Å². The van der Waals surface area contributed by atoms with Crippen molar-refractivity contribution in [1.82, 2.24) is 9.97 Å². The summed E-state index contributed by atoms with van der Waals surface area (Å²) in [6.45, 7) is 2.00. The van der Waals surface area contributed by atoms with Crippen molar-refractivity contribution >= 4 is 17.5 Å². The van der Waals surface area contributed by atoms with E-state index in [0.717, 1.165) is 35.3 Å². The maximum Gasteiger partial charge on any atom is 0.262 e. The van der Waals surface area contributed by atoms with E-state index in [2.05, 4.69) is 21.4 Å². The summed E-state index contributed by atoms with van der Waals surface area (Å²) >= 11 is 0. The van der Waals surface area contributed by atoms with Gasteiger partial charge < -0.3 is 20.4 Å². The summed E-state index contributed by atoms with van der Waals surface area (Å²) in [4.78, 5) is 23.5. The van der Waals surface area contributed by atoms with E-state index in [0.29, 0.717) is 5.95 Å². The molecular formula is C22H22N4O3. The van der Waals surface area contributed by atoms with Gasteiger partial charge in [0.25, 0.3) is 5.91 Å². The summed E-state index contributed by atoms with van der Waals surface area (Å²) in [6, 6.07) is 11.8. The normalized spacial score (nSPS) is 15.7.